The lowest BCUT2D eigenvalue weighted by Gasteiger charge is -2.20. The first kappa shape index (κ1) is 86.4. The molecule has 5 unspecified atom stereocenters. The van der Waals surface area contributed by atoms with Gasteiger partial charge in [-0.1, -0.05) is 179 Å². The van der Waals surface area contributed by atoms with Crippen molar-refractivity contribution in [3.8, 4) is 92.5 Å². The molecule has 12 aromatic heterocycles. The van der Waals surface area contributed by atoms with Crippen LogP contribution in [0.25, 0.3) is 152 Å². The van der Waals surface area contributed by atoms with Gasteiger partial charge in [0.2, 0.25) is 0 Å². The van der Waals surface area contributed by atoms with E-state index in [0.29, 0.717) is 0 Å². The van der Waals surface area contributed by atoms with Crippen molar-refractivity contribution >= 4 is 230 Å². The second-order valence-corrected chi connectivity index (χ2v) is 43.8. The molecule has 604 valence electrons. The van der Waals surface area contributed by atoms with Crippen molar-refractivity contribution in [2.75, 3.05) is 6.26 Å². The van der Waals surface area contributed by atoms with E-state index >= 15 is 0 Å². The Hall–Kier alpha value is -7.03. The van der Waals surface area contributed by atoms with E-state index in [9.17, 15) is 13.8 Å². The molecule has 0 N–H and O–H groups in total. The van der Waals surface area contributed by atoms with Crippen LogP contribution in [0.5, 0.6) is 0 Å². The topological polar surface area (TPSA) is 69.7 Å². The van der Waals surface area contributed by atoms with E-state index in [1.54, 1.807) is 22.7 Å². The molecular weight excluding hydrogens is 1690 g/mol. The highest BCUT2D eigenvalue weighted by molar-refractivity contribution is 7.89. The lowest BCUT2D eigenvalue weighted by molar-refractivity contribution is -0.156. The summed E-state index contributed by atoms with van der Waals surface area (Å²) >= 11 is 22.4. The molecule has 0 bridgehead atoms. The van der Waals surface area contributed by atoms with Crippen LogP contribution in [0.1, 0.15) is 203 Å². The van der Waals surface area contributed by atoms with Crippen molar-refractivity contribution in [3.05, 3.63) is 202 Å². The van der Waals surface area contributed by atoms with Crippen LogP contribution >= 0.6 is 136 Å². The molecule has 0 saturated heterocycles. The lowest BCUT2D eigenvalue weighted by Crippen LogP contribution is -2.20. The van der Waals surface area contributed by atoms with Gasteiger partial charge in [-0.3, -0.25) is 9.59 Å². The Kier molecular flexibility index (Phi) is 30.6. The summed E-state index contributed by atoms with van der Waals surface area (Å²) in [6.45, 7) is 17.3. The maximum atomic E-state index is 13.5. The average molecular weight is 1790 g/mol. The second kappa shape index (κ2) is 41.5. The smallest absolute Gasteiger partial charge is 0.309 e. The zero-order chi connectivity index (χ0) is 81.5. The van der Waals surface area contributed by atoms with E-state index in [4.69, 9.17) is 9.47 Å². The van der Waals surface area contributed by atoms with Gasteiger partial charge >= 0.3 is 11.9 Å². The van der Waals surface area contributed by atoms with E-state index in [2.05, 4.69) is 256 Å². The van der Waals surface area contributed by atoms with Gasteiger partial charge in [-0.15, -0.1) is 142 Å². The molecule has 5 nitrogen and oxygen atoms in total. The number of terminal acetylenes is 1. The number of hydrogen-bond acceptors (Lipinski definition) is 17. The lowest BCUT2D eigenvalue weighted by atomic mass is 9.95. The quantitative estimate of drug-likeness (QED) is 0.0228. The molecule has 117 heavy (non-hydrogen) atoms. The van der Waals surface area contributed by atoms with E-state index in [1.165, 1.54) is 194 Å². The van der Waals surface area contributed by atoms with Crippen molar-refractivity contribution < 1.29 is 23.3 Å². The van der Waals surface area contributed by atoms with Gasteiger partial charge in [0, 0.05) is 125 Å². The maximum absolute atomic E-state index is 13.5. The molecule has 0 spiro atoms. The zero-order valence-electron chi connectivity index (χ0n) is 67.9. The first-order valence-corrected chi connectivity index (χ1v) is 52.6. The molecule has 0 amide bonds. The summed E-state index contributed by atoms with van der Waals surface area (Å²) in [5.41, 5.74) is 5.11. The van der Waals surface area contributed by atoms with Gasteiger partial charge in [-0.05, 0) is 213 Å². The van der Waals surface area contributed by atoms with Gasteiger partial charge in [-0.2, -0.15) is 0 Å². The van der Waals surface area contributed by atoms with Gasteiger partial charge in [0.25, 0.3) is 0 Å². The number of unbranched alkanes of at least 4 members (excludes halogenated alkanes) is 8. The second-order valence-electron chi connectivity index (χ2n) is 29.6. The highest BCUT2D eigenvalue weighted by atomic mass is 32.2. The number of hydrogen-bond donors (Lipinski definition) is 0. The minimum atomic E-state index is -1.04. The molecule has 5 atom stereocenters. The molecule has 12 heterocycles. The molecule has 18 heteroatoms. The molecule has 16 rings (SSSR count). The van der Waals surface area contributed by atoms with Crippen molar-refractivity contribution in [2.45, 2.75) is 183 Å². The third-order valence-corrected chi connectivity index (χ3v) is 36.3. The number of allylic oxidation sites excluding steroid dienone is 2. The first-order chi connectivity index (χ1) is 57.2. The SMILES string of the molecule is C#CS(C)=O.CC=Cc1ccc(-c2ccc(-c3ccc4c(c3)sc3c5ccc(-c6ccc(-c7ccc(C=CC)s7)s6)cc5sc43)s2)s1.CCCCCCC(CCCC)C(=O)OC(CC)c1ccc(-c2ccc(-c3ccc4c(c3)sc3c5ccc(-c6ccc(-c7ccc(C(CC)OC(=O)C(CCCC)CCCCCC)s7)s6)cc5sc43)s2)s1. The van der Waals surface area contributed by atoms with E-state index in [-0.39, 0.29) is 36.0 Å². The number of carbonyl (C=O) groups excluding carboxylic acids is 2. The van der Waals surface area contributed by atoms with Crippen LogP contribution < -0.4 is 0 Å². The summed E-state index contributed by atoms with van der Waals surface area (Å²) in [5.74, 6) is -0.00621. The Morgan fingerprint density at radius 2 is 0.624 bits per heavy atom. The number of benzene rings is 4. The Bertz CT molecular complexity index is 5790. The highest BCUT2D eigenvalue weighted by Crippen LogP contribution is 2.52. The number of fused-ring (bicyclic) bond motifs is 10. The summed E-state index contributed by atoms with van der Waals surface area (Å²) in [4.78, 5) is 47.3. The highest BCUT2D eigenvalue weighted by Gasteiger charge is 2.28. The molecule has 0 radical (unpaired) electrons. The third-order valence-electron chi connectivity index (χ3n) is 21.2. The fourth-order valence-corrected chi connectivity index (χ4v) is 28.9. The number of carbonyl (C=O) groups is 2. The minimum absolute atomic E-state index is 0.00550. The van der Waals surface area contributed by atoms with Gasteiger partial charge in [0.05, 0.1) is 41.4 Å². The van der Waals surface area contributed by atoms with E-state index < -0.39 is 10.8 Å². The van der Waals surface area contributed by atoms with E-state index in [1.807, 2.05) is 119 Å². The number of rotatable bonds is 34. The fraction of sp³-hybridized carbons (Fsp3) is 0.313. The van der Waals surface area contributed by atoms with E-state index in [0.717, 1.165) is 86.8 Å². The van der Waals surface area contributed by atoms with Gasteiger partial charge in [-0.25, -0.2) is 4.21 Å². The molecule has 0 saturated carbocycles. The Morgan fingerprint density at radius 1 is 0.350 bits per heavy atom. The third kappa shape index (κ3) is 20.8. The summed E-state index contributed by atoms with van der Waals surface area (Å²) in [5, 5.41) is 7.41. The Morgan fingerprint density at radius 3 is 0.915 bits per heavy atom. The van der Waals surface area contributed by atoms with Crippen molar-refractivity contribution in [3.63, 3.8) is 0 Å². The molecule has 0 aliphatic rings. The van der Waals surface area contributed by atoms with Crippen LogP contribution in [0.15, 0.2) is 182 Å². The summed E-state index contributed by atoms with van der Waals surface area (Å²) in [6, 6.07) is 63.8. The molecule has 4 aromatic carbocycles. The van der Waals surface area contributed by atoms with Crippen molar-refractivity contribution in [2.24, 2.45) is 11.8 Å². The number of thiophene rings is 12. The molecule has 0 aliphatic carbocycles. The molecule has 0 aliphatic heterocycles. The summed E-state index contributed by atoms with van der Waals surface area (Å²) in [6.07, 6.45) is 33.3. The largest absolute Gasteiger partial charge is 0.456 e. The van der Waals surface area contributed by atoms with Crippen molar-refractivity contribution in [1.82, 2.24) is 0 Å². The van der Waals surface area contributed by atoms with Crippen LogP contribution in [0.4, 0.5) is 0 Å². The standard InChI is InChI=1S/C60H72O4S6.C36H24S6.C3H4OS/c1-7-13-17-19-23-39(21-15-9-3)59(61)63-45(11-5)49-31-35-53(67-49)51-33-29-47(65-51)41-25-27-43-55(37-41)69-58-44-28-26-42(38-56(44)70-57(43)58)48-30-34-52(66-48)54-36-32-50(68-54)46(12-6)64-60(62)40(22-16-10-4)24-20-18-14-8-2;1-3-5-23-9-13-29(37-23)31-17-15-27(39-31)21-7-11-25-33(19-21)41-36-26-12-8-22(20-34(26)42-35(25)36)28-16-18-32(40-28)30-14-10-24(38-30)6-4-2;1-3-5(2)4/h25-40,45-46H,7-24H2,1-6H3;3-20H,1-2H3;1H,2H3. The zero-order valence-corrected chi connectivity index (χ0v) is 78.6. The monoisotopic (exact) mass is 1780 g/mol. The van der Waals surface area contributed by atoms with Crippen LogP contribution in [-0.4, -0.2) is 22.4 Å². The van der Waals surface area contributed by atoms with Crippen LogP contribution in [-0.2, 0) is 29.9 Å². The number of esters is 2. The van der Waals surface area contributed by atoms with Crippen molar-refractivity contribution in [1.29, 1.82) is 0 Å². The van der Waals surface area contributed by atoms with Gasteiger partial charge < -0.3 is 9.47 Å². The summed E-state index contributed by atoms with van der Waals surface area (Å²) in [7, 11) is -1.04. The molecule has 0 fully saturated rings. The van der Waals surface area contributed by atoms with Gasteiger partial charge in [0.15, 0.2) is 0 Å². The predicted molar refractivity (Wildman–Crippen MR) is 530 cm³/mol. The van der Waals surface area contributed by atoms with Crippen LogP contribution in [0.3, 0.4) is 0 Å². The predicted octanol–water partition coefficient (Wildman–Crippen LogP) is 35.9. The number of ether oxygens (including phenoxy) is 2. The Balaban J connectivity index is 0.000000202. The van der Waals surface area contributed by atoms with Gasteiger partial charge in [0.1, 0.15) is 12.2 Å². The normalized spacial score (nSPS) is 13.1. The first-order valence-electron chi connectivity index (χ1n) is 41.2. The average Bonchev–Trinajstić information content (AvgIpc) is 1.59. The van der Waals surface area contributed by atoms with Crippen LogP contribution in [0, 0.1) is 23.5 Å². The fourth-order valence-electron chi connectivity index (χ4n) is 14.9. The van der Waals surface area contributed by atoms with Crippen LogP contribution in [0.2, 0.25) is 0 Å². The molecular formula is C99H100O5S13. The molecule has 16 aromatic rings. The minimum Gasteiger partial charge on any atom is -0.456 e. The maximum Gasteiger partial charge on any atom is 0.309 e. The Labute approximate surface area is 741 Å². The summed E-state index contributed by atoms with van der Waals surface area (Å²) < 4.78 is 33.2.